The quantitative estimate of drug-likeness (QED) is 0.442. The van der Waals surface area contributed by atoms with Crippen molar-refractivity contribution >= 4 is 40.5 Å². The van der Waals surface area contributed by atoms with E-state index in [1.807, 2.05) is 0 Å². The summed E-state index contributed by atoms with van der Waals surface area (Å²) in [4.78, 5) is 28.4. The Kier molecular flexibility index (Phi) is 6.48. The first-order chi connectivity index (χ1) is 13.4. The van der Waals surface area contributed by atoms with E-state index in [0.717, 1.165) is 12.1 Å². The van der Waals surface area contributed by atoms with Crippen molar-refractivity contribution in [2.45, 2.75) is 10.8 Å². The van der Waals surface area contributed by atoms with Crippen LogP contribution in [0.1, 0.15) is 16.1 Å². The Balaban J connectivity index is 1.52. The Bertz CT molecular complexity index is 1010. The molecule has 144 valence electrons. The fraction of sp³-hybridized carbons (Fsp3) is 0.105. The second-order valence-corrected chi connectivity index (χ2v) is 7.76. The molecule has 2 aromatic carbocycles. The van der Waals surface area contributed by atoms with Gasteiger partial charge < -0.3 is 5.32 Å². The maximum absolute atomic E-state index is 13.2. The number of hydrogen-bond donors (Lipinski definition) is 1. The lowest BCUT2D eigenvalue weighted by molar-refractivity contribution is -0.115. The number of carbonyl (C=O) groups excluding carboxylic acids is 2. The van der Waals surface area contributed by atoms with Crippen molar-refractivity contribution in [1.29, 1.82) is 0 Å². The van der Waals surface area contributed by atoms with E-state index in [1.165, 1.54) is 53.4 Å². The lowest BCUT2D eigenvalue weighted by Gasteiger charge is -2.04. The van der Waals surface area contributed by atoms with Gasteiger partial charge in [-0.2, -0.15) is 0 Å². The standard InChI is InChI=1S/C19H13F3N2O2S2/c20-12-3-1-11(2-4-12)17(25)10-28-19-24-14(9-27-19)8-18(26)23-13-5-6-15(21)16(22)7-13/h1-7,9H,8,10H2,(H,23,26). The molecule has 0 aliphatic rings. The number of benzene rings is 2. The van der Waals surface area contributed by atoms with Gasteiger partial charge in [0.1, 0.15) is 5.82 Å². The summed E-state index contributed by atoms with van der Waals surface area (Å²) in [5, 5.41) is 4.16. The summed E-state index contributed by atoms with van der Waals surface area (Å²) < 4.78 is 39.6. The molecule has 1 N–H and O–H groups in total. The van der Waals surface area contributed by atoms with Gasteiger partial charge in [-0.05, 0) is 36.4 Å². The molecule has 0 fully saturated rings. The highest BCUT2D eigenvalue weighted by Crippen LogP contribution is 2.24. The summed E-state index contributed by atoms with van der Waals surface area (Å²) in [5.74, 6) is -2.88. The number of nitrogens with zero attached hydrogens (tertiary/aromatic N) is 1. The lowest BCUT2D eigenvalue weighted by atomic mass is 10.1. The number of carbonyl (C=O) groups is 2. The van der Waals surface area contributed by atoms with Crippen LogP contribution in [0, 0.1) is 17.5 Å². The molecule has 0 saturated heterocycles. The van der Waals surface area contributed by atoms with Crippen LogP contribution in [0.5, 0.6) is 0 Å². The van der Waals surface area contributed by atoms with Gasteiger partial charge in [-0.15, -0.1) is 11.3 Å². The third-order valence-corrected chi connectivity index (χ3v) is 5.64. The number of thiazole rings is 1. The van der Waals surface area contributed by atoms with E-state index in [1.54, 1.807) is 5.38 Å². The molecule has 3 aromatic rings. The topological polar surface area (TPSA) is 59.1 Å². The maximum atomic E-state index is 13.2. The van der Waals surface area contributed by atoms with E-state index in [-0.39, 0.29) is 23.6 Å². The number of rotatable bonds is 7. The van der Waals surface area contributed by atoms with Crippen LogP contribution in [0.15, 0.2) is 52.2 Å². The maximum Gasteiger partial charge on any atom is 0.230 e. The van der Waals surface area contributed by atoms with Gasteiger partial charge in [0.2, 0.25) is 5.91 Å². The first kappa shape index (κ1) is 20.1. The van der Waals surface area contributed by atoms with E-state index in [9.17, 15) is 22.8 Å². The van der Waals surface area contributed by atoms with Crippen LogP contribution in [0.4, 0.5) is 18.9 Å². The van der Waals surface area contributed by atoms with Gasteiger partial charge in [0.25, 0.3) is 0 Å². The van der Waals surface area contributed by atoms with Gasteiger partial charge in [-0.1, -0.05) is 11.8 Å². The van der Waals surface area contributed by atoms with E-state index < -0.39 is 23.4 Å². The zero-order chi connectivity index (χ0) is 20.1. The summed E-state index contributed by atoms with van der Waals surface area (Å²) in [6.07, 6.45) is -0.0397. The van der Waals surface area contributed by atoms with E-state index >= 15 is 0 Å². The van der Waals surface area contributed by atoms with Crippen LogP contribution >= 0.6 is 23.1 Å². The monoisotopic (exact) mass is 422 g/mol. The van der Waals surface area contributed by atoms with Gasteiger partial charge in [0.15, 0.2) is 21.8 Å². The Morgan fingerprint density at radius 3 is 2.50 bits per heavy atom. The van der Waals surface area contributed by atoms with Crippen molar-refractivity contribution < 1.29 is 22.8 Å². The van der Waals surface area contributed by atoms with Crippen molar-refractivity contribution in [3.8, 4) is 0 Å². The van der Waals surface area contributed by atoms with Crippen molar-refractivity contribution in [2.75, 3.05) is 11.1 Å². The zero-order valence-electron chi connectivity index (χ0n) is 14.2. The first-order valence-electron chi connectivity index (χ1n) is 8.01. The summed E-state index contributed by atoms with van der Waals surface area (Å²) in [6, 6.07) is 8.40. The highest BCUT2D eigenvalue weighted by molar-refractivity contribution is 8.01. The minimum atomic E-state index is -1.05. The number of amides is 1. The summed E-state index contributed by atoms with van der Waals surface area (Å²) in [5.41, 5.74) is 1.07. The third kappa shape index (κ3) is 5.43. The molecule has 1 amide bonds. The lowest BCUT2D eigenvalue weighted by Crippen LogP contribution is -2.14. The average Bonchev–Trinajstić information content (AvgIpc) is 3.10. The van der Waals surface area contributed by atoms with Gasteiger partial charge in [0, 0.05) is 22.7 Å². The first-order valence-corrected chi connectivity index (χ1v) is 9.88. The SMILES string of the molecule is O=C(Cc1csc(SCC(=O)c2ccc(F)cc2)n1)Nc1ccc(F)c(F)c1. The van der Waals surface area contributed by atoms with Gasteiger partial charge in [-0.25, -0.2) is 18.2 Å². The van der Waals surface area contributed by atoms with Gasteiger partial charge >= 0.3 is 0 Å². The molecule has 28 heavy (non-hydrogen) atoms. The number of anilines is 1. The molecule has 0 radical (unpaired) electrons. The second kappa shape index (κ2) is 9.03. The van der Waals surface area contributed by atoms with Crippen molar-refractivity contribution in [2.24, 2.45) is 0 Å². The Labute approximate surface area is 166 Å². The molecule has 0 aliphatic heterocycles. The molecule has 0 spiro atoms. The van der Waals surface area contributed by atoms with Crippen molar-refractivity contribution in [3.63, 3.8) is 0 Å². The van der Waals surface area contributed by atoms with E-state index in [4.69, 9.17) is 0 Å². The molecule has 9 heteroatoms. The third-order valence-electron chi connectivity index (χ3n) is 3.57. The summed E-state index contributed by atoms with van der Waals surface area (Å²) in [7, 11) is 0. The molecular formula is C19H13F3N2O2S2. The minimum absolute atomic E-state index is 0.0397. The highest BCUT2D eigenvalue weighted by Gasteiger charge is 2.12. The molecule has 0 unspecified atom stereocenters. The molecule has 4 nitrogen and oxygen atoms in total. The number of nitrogens with one attached hydrogen (secondary N) is 1. The summed E-state index contributed by atoms with van der Waals surface area (Å²) in [6.45, 7) is 0. The number of Topliss-reactive ketones (excluding diaryl/α,β-unsaturated/α-hetero) is 1. The molecule has 0 aliphatic carbocycles. The van der Waals surface area contributed by atoms with Crippen LogP contribution in [0.3, 0.4) is 0 Å². The fourth-order valence-corrected chi connectivity index (χ4v) is 3.97. The van der Waals surface area contributed by atoms with Gasteiger partial charge in [-0.3, -0.25) is 9.59 Å². The number of ketones is 1. The number of aromatic nitrogens is 1. The smallest absolute Gasteiger partial charge is 0.230 e. The Morgan fingerprint density at radius 2 is 1.79 bits per heavy atom. The van der Waals surface area contributed by atoms with Crippen LogP contribution < -0.4 is 5.32 Å². The van der Waals surface area contributed by atoms with E-state index in [2.05, 4.69) is 10.3 Å². The van der Waals surface area contributed by atoms with E-state index in [0.29, 0.717) is 15.6 Å². The zero-order valence-corrected chi connectivity index (χ0v) is 15.9. The molecular weight excluding hydrogens is 409 g/mol. The molecule has 1 heterocycles. The van der Waals surface area contributed by atoms with Crippen LogP contribution in [0.25, 0.3) is 0 Å². The molecule has 1 aromatic heterocycles. The molecule has 0 saturated carbocycles. The number of thioether (sulfide) groups is 1. The van der Waals surface area contributed by atoms with Crippen molar-refractivity contribution in [1.82, 2.24) is 4.98 Å². The fourth-order valence-electron chi connectivity index (χ4n) is 2.23. The predicted molar refractivity (Wildman–Crippen MR) is 102 cm³/mol. The number of halogens is 3. The average molecular weight is 422 g/mol. The minimum Gasteiger partial charge on any atom is -0.326 e. The van der Waals surface area contributed by atoms with Crippen LogP contribution in [-0.4, -0.2) is 22.4 Å². The molecule has 0 atom stereocenters. The van der Waals surface area contributed by atoms with Crippen LogP contribution in [-0.2, 0) is 11.2 Å². The van der Waals surface area contributed by atoms with Crippen molar-refractivity contribution in [3.05, 3.63) is 76.6 Å². The predicted octanol–water partition coefficient (Wildman–Crippen LogP) is 4.72. The largest absolute Gasteiger partial charge is 0.326 e. The highest BCUT2D eigenvalue weighted by atomic mass is 32.2. The Morgan fingerprint density at radius 1 is 1.04 bits per heavy atom. The number of hydrogen-bond acceptors (Lipinski definition) is 5. The second-order valence-electron chi connectivity index (χ2n) is 5.68. The van der Waals surface area contributed by atoms with Crippen LogP contribution in [0.2, 0.25) is 0 Å². The molecule has 0 bridgehead atoms. The summed E-state index contributed by atoms with van der Waals surface area (Å²) >= 11 is 2.52. The Hall–Kier alpha value is -2.65. The molecule has 3 rings (SSSR count). The van der Waals surface area contributed by atoms with Gasteiger partial charge in [0.05, 0.1) is 17.9 Å². The normalized spacial score (nSPS) is 10.7.